The minimum Gasteiger partial charge on any atom is -0.328 e. The summed E-state index contributed by atoms with van der Waals surface area (Å²) in [6, 6.07) is 6.30. The molecule has 2 heteroatoms. The van der Waals surface area contributed by atoms with Gasteiger partial charge in [-0.2, -0.15) is 0 Å². The number of ketones is 1. The molecule has 0 saturated carbocycles. The Balaban J connectivity index is 2.65. The van der Waals surface area contributed by atoms with Crippen molar-refractivity contribution in [3.63, 3.8) is 0 Å². The number of carbonyl (C=O) groups is 1. The molecule has 0 aliphatic rings. The fraction of sp³-hybridized carbons (Fsp3) is 0.562. The van der Waals surface area contributed by atoms with Crippen LogP contribution in [0, 0.1) is 19.8 Å². The Labute approximate surface area is 111 Å². The van der Waals surface area contributed by atoms with Crippen molar-refractivity contribution in [1.82, 2.24) is 0 Å². The molecule has 2 unspecified atom stereocenters. The highest BCUT2D eigenvalue weighted by molar-refractivity contribution is 5.99. The van der Waals surface area contributed by atoms with Crippen molar-refractivity contribution in [2.24, 2.45) is 11.7 Å². The normalized spacial score (nSPS) is 14.3. The van der Waals surface area contributed by atoms with Crippen LogP contribution in [-0.4, -0.2) is 11.8 Å². The van der Waals surface area contributed by atoms with Crippen LogP contribution in [0.25, 0.3) is 0 Å². The van der Waals surface area contributed by atoms with Gasteiger partial charge in [0.1, 0.15) is 0 Å². The quantitative estimate of drug-likeness (QED) is 0.780. The first kappa shape index (κ1) is 14.9. The molecule has 1 aromatic carbocycles. The van der Waals surface area contributed by atoms with Crippen LogP contribution in [0.3, 0.4) is 0 Å². The molecule has 2 nitrogen and oxygen atoms in total. The third-order valence-electron chi connectivity index (χ3n) is 3.40. The molecule has 2 N–H and O–H groups in total. The second-order valence-corrected chi connectivity index (χ2v) is 5.49. The number of carbonyl (C=O) groups excluding carboxylic acids is 1. The van der Waals surface area contributed by atoms with Crippen molar-refractivity contribution >= 4 is 5.78 Å². The minimum absolute atomic E-state index is 0.0873. The Morgan fingerprint density at radius 1 is 1.22 bits per heavy atom. The van der Waals surface area contributed by atoms with E-state index >= 15 is 0 Å². The van der Waals surface area contributed by atoms with E-state index in [9.17, 15) is 4.79 Å². The highest BCUT2D eigenvalue weighted by atomic mass is 16.1. The van der Waals surface area contributed by atoms with Gasteiger partial charge < -0.3 is 5.73 Å². The Bertz CT molecular complexity index is 410. The van der Waals surface area contributed by atoms with Gasteiger partial charge in [-0.3, -0.25) is 4.79 Å². The zero-order valence-corrected chi connectivity index (χ0v) is 12.0. The fourth-order valence-corrected chi connectivity index (χ4v) is 2.14. The maximum atomic E-state index is 12.4. The molecule has 1 aromatic rings. The van der Waals surface area contributed by atoms with E-state index < -0.39 is 0 Å². The summed E-state index contributed by atoms with van der Waals surface area (Å²) >= 11 is 0. The monoisotopic (exact) mass is 247 g/mol. The van der Waals surface area contributed by atoms with Gasteiger partial charge in [-0.25, -0.2) is 0 Å². The first-order valence-corrected chi connectivity index (χ1v) is 6.79. The topological polar surface area (TPSA) is 43.1 Å². The number of hydrogen-bond acceptors (Lipinski definition) is 2. The van der Waals surface area contributed by atoms with Gasteiger partial charge in [0.2, 0.25) is 0 Å². The van der Waals surface area contributed by atoms with Crippen LogP contribution in [0.5, 0.6) is 0 Å². The van der Waals surface area contributed by atoms with Gasteiger partial charge in [0.05, 0.1) is 0 Å². The van der Waals surface area contributed by atoms with Crippen LogP contribution < -0.4 is 5.73 Å². The third kappa shape index (κ3) is 4.26. The van der Waals surface area contributed by atoms with E-state index in [1.165, 1.54) is 0 Å². The number of benzene rings is 1. The van der Waals surface area contributed by atoms with E-state index in [4.69, 9.17) is 5.73 Å². The Kier molecular flexibility index (Phi) is 5.54. The van der Waals surface area contributed by atoms with E-state index in [0.717, 1.165) is 36.0 Å². The molecule has 100 valence electrons. The van der Waals surface area contributed by atoms with E-state index in [1.54, 1.807) is 0 Å². The molecular formula is C16H25NO. The van der Waals surface area contributed by atoms with Gasteiger partial charge in [-0.1, -0.05) is 31.0 Å². The average Bonchev–Trinajstić information content (AvgIpc) is 2.30. The summed E-state index contributed by atoms with van der Waals surface area (Å²) in [5, 5.41) is 0. The predicted octanol–water partition coefficient (Wildman–Crippen LogP) is 3.64. The minimum atomic E-state index is 0.0873. The van der Waals surface area contributed by atoms with Crippen molar-refractivity contribution in [2.45, 2.75) is 53.0 Å². The van der Waals surface area contributed by atoms with Gasteiger partial charge in [0, 0.05) is 17.5 Å². The summed E-state index contributed by atoms with van der Waals surface area (Å²) in [4.78, 5) is 12.4. The molecule has 0 aliphatic heterocycles. The summed E-state index contributed by atoms with van der Waals surface area (Å²) in [5.74, 6) is 0.352. The van der Waals surface area contributed by atoms with Crippen molar-refractivity contribution in [2.75, 3.05) is 0 Å². The van der Waals surface area contributed by atoms with Gasteiger partial charge in [-0.15, -0.1) is 0 Å². The number of aryl methyl sites for hydroxylation is 2. The van der Waals surface area contributed by atoms with Crippen molar-refractivity contribution < 1.29 is 4.79 Å². The lowest BCUT2D eigenvalue weighted by atomic mass is 9.91. The van der Waals surface area contributed by atoms with Gasteiger partial charge in [0.15, 0.2) is 5.78 Å². The van der Waals surface area contributed by atoms with E-state index in [2.05, 4.69) is 0 Å². The largest absolute Gasteiger partial charge is 0.328 e. The predicted molar refractivity (Wildman–Crippen MR) is 76.9 cm³/mol. The summed E-state index contributed by atoms with van der Waals surface area (Å²) in [6.45, 7) is 8.06. The maximum absolute atomic E-state index is 12.4. The first-order valence-electron chi connectivity index (χ1n) is 6.79. The molecule has 2 atom stereocenters. The molecule has 0 heterocycles. The number of hydrogen-bond donors (Lipinski definition) is 1. The van der Waals surface area contributed by atoms with Crippen LogP contribution in [0.1, 0.15) is 54.6 Å². The molecule has 1 rings (SSSR count). The van der Waals surface area contributed by atoms with Gasteiger partial charge in [-0.05, 0) is 45.2 Å². The highest BCUT2D eigenvalue weighted by Gasteiger charge is 2.17. The molecule has 0 spiro atoms. The summed E-state index contributed by atoms with van der Waals surface area (Å²) in [6.07, 6.45) is 2.94. The van der Waals surface area contributed by atoms with Crippen molar-refractivity contribution in [3.8, 4) is 0 Å². The number of rotatable bonds is 6. The van der Waals surface area contributed by atoms with Crippen molar-refractivity contribution in [3.05, 3.63) is 34.9 Å². The van der Waals surface area contributed by atoms with E-state index in [-0.39, 0.29) is 17.7 Å². The first-order chi connectivity index (χ1) is 8.41. The molecule has 18 heavy (non-hydrogen) atoms. The lowest BCUT2D eigenvalue weighted by molar-refractivity contribution is 0.0921. The lowest BCUT2D eigenvalue weighted by Crippen LogP contribution is -2.17. The average molecular weight is 247 g/mol. The van der Waals surface area contributed by atoms with Crippen LogP contribution in [-0.2, 0) is 0 Å². The molecular weight excluding hydrogens is 222 g/mol. The van der Waals surface area contributed by atoms with E-state index in [1.807, 2.05) is 45.9 Å². The number of Topliss-reactive ketones (excluding diaryl/α,β-unsaturated/α-hetero) is 1. The fourth-order valence-electron chi connectivity index (χ4n) is 2.14. The van der Waals surface area contributed by atoms with Crippen LogP contribution >= 0.6 is 0 Å². The smallest absolute Gasteiger partial charge is 0.165 e. The Morgan fingerprint density at radius 3 is 2.50 bits per heavy atom. The van der Waals surface area contributed by atoms with Crippen LogP contribution in [0.15, 0.2) is 18.2 Å². The van der Waals surface area contributed by atoms with Crippen LogP contribution in [0.4, 0.5) is 0 Å². The Hall–Kier alpha value is -1.15. The Morgan fingerprint density at radius 2 is 1.89 bits per heavy atom. The summed E-state index contributed by atoms with van der Waals surface area (Å²) < 4.78 is 0. The lowest BCUT2D eigenvalue weighted by Gasteiger charge is -2.13. The molecule has 0 aromatic heterocycles. The summed E-state index contributed by atoms with van der Waals surface area (Å²) in [5.41, 5.74) is 8.82. The van der Waals surface area contributed by atoms with Crippen LogP contribution in [0.2, 0.25) is 0 Å². The second kappa shape index (κ2) is 6.69. The van der Waals surface area contributed by atoms with E-state index in [0.29, 0.717) is 0 Å². The molecule has 0 radical (unpaired) electrons. The number of nitrogens with two attached hydrogens (primary N) is 1. The maximum Gasteiger partial charge on any atom is 0.165 e. The molecule has 0 bridgehead atoms. The summed E-state index contributed by atoms with van der Waals surface area (Å²) in [7, 11) is 0. The molecule has 0 aliphatic carbocycles. The van der Waals surface area contributed by atoms with Gasteiger partial charge >= 0.3 is 0 Å². The third-order valence-corrected chi connectivity index (χ3v) is 3.40. The van der Waals surface area contributed by atoms with Gasteiger partial charge in [0.25, 0.3) is 0 Å². The highest BCUT2D eigenvalue weighted by Crippen LogP contribution is 2.19. The molecule has 0 amide bonds. The zero-order chi connectivity index (χ0) is 13.7. The zero-order valence-electron chi connectivity index (χ0n) is 12.0. The molecule has 0 saturated heterocycles. The second-order valence-electron chi connectivity index (χ2n) is 5.49. The molecule has 0 fully saturated rings. The van der Waals surface area contributed by atoms with Crippen molar-refractivity contribution in [1.29, 1.82) is 0 Å². The standard InChI is InChI=1S/C16H25NO/c1-11-8-9-12(2)15(10-11)16(18)13(3)6-5-7-14(4)17/h8-10,13-14H,5-7,17H2,1-4H3. The SMILES string of the molecule is Cc1ccc(C)c(C(=O)C(C)CCCC(C)N)c1.